The third-order valence-electron chi connectivity index (χ3n) is 3.38. The fourth-order valence-electron chi connectivity index (χ4n) is 2.20. The van der Waals surface area contributed by atoms with Crippen molar-refractivity contribution in [3.05, 3.63) is 10.8 Å². The molecule has 0 aliphatic rings. The molecule has 2 rings (SSSR count). The molecule has 0 aliphatic carbocycles. The zero-order valence-electron chi connectivity index (χ0n) is 18.4. The van der Waals surface area contributed by atoms with E-state index in [-0.39, 0.29) is 17.5 Å². The predicted octanol–water partition coefficient (Wildman–Crippen LogP) is 4.74. The van der Waals surface area contributed by atoms with Crippen LogP contribution in [0, 0.1) is 0 Å². The van der Waals surface area contributed by atoms with Gasteiger partial charge in [0, 0.05) is 0 Å². The molecule has 0 radical (unpaired) electrons. The van der Waals surface area contributed by atoms with E-state index < -0.39 is 23.4 Å². The Hall–Kier alpha value is -2.43. The zero-order chi connectivity index (χ0) is 22.7. The van der Waals surface area contributed by atoms with Crippen LogP contribution in [0.4, 0.5) is 15.4 Å². The number of hydrogen-bond acceptors (Lipinski definition) is 8. The Labute approximate surface area is 184 Å². The molecule has 0 aromatic carbocycles. The maximum absolute atomic E-state index is 13.0. The molecule has 0 N–H and O–H groups in total. The Kier molecular flexibility index (Phi) is 7.27. The molecular weight excluding hydrogens is 458 g/mol. The van der Waals surface area contributed by atoms with Crippen LogP contribution in [0.3, 0.4) is 0 Å². The lowest BCUT2D eigenvalue weighted by Gasteiger charge is -2.28. The smallest absolute Gasteiger partial charge is 0.425 e. The SMILES string of the molecule is CCCCOc1nc(N(C(=O)OC(C)(C)C)C(=O)OC(C)(C)C)c2ncc(Br)n2n1. The van der Waals surface area contributed by atoms with E-state index in [4.69, 9.17) is 14.2 Å². The average molecular weight is 486 g/mol. The maximum Gasteiger partial charge on any atom is 0.425 e. The molecular formula is C19H28BrN5O5. The molecule has 2 aromatic rings. The second-order valence-corrected chi connectivity index (χ2v) is 9.34. The maximum atomic E-state index is 13.0. The number of carbonyl (C=O) groups is 2. The Morgan fingerprint density at radius 2 is 1.67 bits per heavy atom. The van der Waals surface area contributed by atoms with Gasteiger partial charge >= 0.3 is 18.2 Å². The normalized spacial score (nSPS) is 12.0. The molecule has 0 atom stereocenters. The van der Waals surface area contributed by atoms with Gasteiger partial charge in [0.25, 0.3) is 0 Å². The quantitative estimate of drug-likeness (QED) is 0.558. The van der Waals surface area contributed by atoms with Gasteiger partial charge in [0.05, 0.1) is 12.8 Å². The lowest BCUT2D eigenvalue weighted by Crippen LogP contribution is -2.44. The van der Waals surface area contributed by atoms with Crippen molar-refractivity contribution in [2.45, 2.75) is 72.5 Å². The first-order valence-corrected chi connectivity index (χ1v) is 10.4. The molecule has 2 aromatic heterocycles. The van der Waals surface area contributed by atoms with Crippen molar-refractivity contribution in [3.8, 4) is 6.01 Å². The first kappa shape index (κ1) is 23.8. The van der Waals surface area contributed by atoms with Crippen LogP contribution in [0.1, 0.15) is 61.3 Å². The average Bonchev–Trinajstić information content (AvgIpc) is 2.93. The molecule has 0 unspecified atom stereocenters. The van der Waals surface area contributed by atoms with Gasteiger partial charge in [-0.2, -0.15) is 14.4 Å². The van der Waals surface area contributed by atoms with Crippen LogP contribution in [0.5, 0.6) is 6.01 Å². The third kappa shape index (κ3) is 6.28. The highest BCUT2D eigenvalue weighted by molar-refractivity contribution is 9.10. The number of anilines is 1. The Morgan fingerprint density at radius 1 is 1.10 bits per heavy atom. The van der Waals surface area contributed by atoms with Crippen molar-refractivity contribution in [2.75, 3.05) is 11.5 Å². The molecule has 2 amide bonds. The summed E-state index contributed by atoms with van der Waals surface area (Å²) >= 11 is 3.34. The predicted molar refractivity (Wildman–Crippen MR) is 114 cm³/mol. The molecule has 0 spiro atoms. The van der Waals surface area contributed by atoms with Gasteiger partial charge in [0.1, 0.15) is 15.8 Å². The van der Waals surface area contributed by atoms with Crippen molar-refractivity contribution >= 4 is 39.6 Å². The van der Waals surface area contributed by atoms with E-state index in [2.05, 4.69) is 31.0 Å². The van der Waals surface area contributed by atoms with Crippen LogP contribution in [0.25, 0.3) is 5.65 Å². The number of ether oxygens (including phenoxy) is 3. The summed E-state index contributed by atoms with van der Waals surface area (Å²) in [5.41, 5.74) is -1.55. The Morgan fingerprint density at radius 3 is 2.17 bits per heavy atom. The molecule has 0 saturated heterocycles. The van der Waals surface area contributed by atoms with Crippen molar-refractivity contribution < 1.29 is 23.8 Å². The summed E-state index contributed by atoms with van der Waals surface area (Å²) in [6.07, 6.45) is 1.30. The van der Waals surface area contributed by atoms with E-state index in [1.807, 2.05) is 6.92 Å². The second kappa shape index (κ2) is 9.15. The highest BCUT2D eigenvalue weighted by Crippen LogP contribution is 2.27. The van der Waals surface area contributed by atoms with Gasteiger partial charge in [-0.3, -0.25) is 0 Å². The van der Waals surface area contributed by atoms with Crippen LogP contribution in [-0.2, 0) is 9.47 Å². The van der Waals surface area contributed by atoms with E-state index >= 15 is 0 Å². The van der Waals surface area contributed by atoms with Gasteiger partial charge < -0.3 is 14.2 Å². The summed E-state index contributed by atoms with van der Waals surface area (Å²) < 4.78 is 18.3. The topological polar surface area (TPSA) is 108 Å². The lowest BCUT2D eigenvalue weighted by molar-refractivity contribution is 0.0429. The Balaban J connectivity index is 2.60. The summed E-state index contributed by atoms with van der Waals surface area (Å²) in [6.45, 7) is 12.6. The molecule has 11 heteroatoms. The van der Waals surface area contributed by atoms with E-state index in [1.54, 1.807) is 41.5 Å². The standard InChI is InChI=1S/C19H28BrN5O5/c1-8-9-10-28-15-22-14(13-21-11-12(20)25(13)23-15)24(16(26)29-18(2,3)4)17(27)30-19(5,6)7/h11H,8-10H2,1-7H3. The first-order valence-electron chi connectivity index (χ1n) is 9.62. The highest BCUT2D eigenvalue weighted by Gasteiger charge is 2.36. The summed E-state index contributed by atoms with van der Waals surface area (Å²) in [5.74, 6) is -0.106. The number of fused-ring (bicyclic) bond motifs is 1. The minimum Gasteiger partial charge on any atom is -0.462 e. The minimum absolute atomic E-state index is 0.0123. The first-order chi connectivity index (χ1) is 13.8. The zero-order valence-corrected chi connectivity index (χ0v) is 19.9. The number of imide groups is 1. The van der Waals surface area contributed by atoms with Crippen LogP contribution in [0.15, 0.2) is 10.8 Å². The molecule has 0 fully saturated rings. The third-order valence-corrected chi connectivity index (χ3v) is 3.92. The molecule has 2 heterocycles. The van der Waals surface area contributed by atoms with Gasteiger partial charge in [-0.1, -0.05) is 13.3 Å². The van der Waals surface area contributed by atoms with Crippen LogP contribution in [-0.4, -0.2) is 49.6 Å². The number of rotatable bonds is 5. The van der Waals surface area contributed by atoms with Crippen molar-refractivity contribution in [1.29, 1.82) is 0 Å². The fraction of sp³-hybridized carbons (Fsp3) is 0.632. The summed E-state index contributed by atoms with van der Waals surface area (Å²) in [4.78, 5) is 35.1. The Bertz CT molecular complexity index is 888. The van der Waals surface area contributed by atoms with Gasteiger partial charge in [-0.15, -0.1) is 5.10 Å². The van der Waals surface area contributed by atoms with Gasteiger partial charge in [-0.25, -0.2) is 14.6 Å². The van der Waals surface area contributed by atoms with E-state index in [1.165, 1.54) is 10.7 Å². The van der Waals surface area contributed by atoms with Crippen molar-refractivity contribution in [3.63, 3.8) is 0 Å². The van der Waals surface area contributed by atoms with Crippen LogP contribution >= 0.6 is 15.9 Å². The minimum atomic E-state index is -0.948. The summed E-state index contributed by atoms with van der Waals surface area (Å²) in [5, 5.41) is 4.26. The van der Waals surface area contributed by atoms with Crippen LogP contribution in [0.2, 0.25) is 0 Å². The summed E-state index contributed by atoms with van der Waals surface area (Å²) in [7, 11) is 0. The molecule has 0 saturated carbocycles. The van der Waals surface area contributed by atoms with Crippen molar-refractivity contribution in [2.24, 2.45) is 0 Å². The number of hydrogen-bond donors (Lipinski definition) is 0. The number of halogens is 1. The molecule has 0 bridgehead atoms. The molecule has 10 nitrogen and oxygen atoms in total. The van der Waals surface area contributed by atoms with Crippen molar-refractivity contribution in [1.82, 2.24) is 19.6 Å². The molecule has 30 heavy (non-hydrogen) atoms. The van der Waals surface area contributed by atoms with Gasteiger partial charge in [0.2, 0.25) is 0 Å². The van der Waals surface area contributed by atoms with E-state index in [0.29, 0.717) is 16.1 Å². The number of aromatic nitrogens is 4. The van der Waals surface area contributed by atoms with E-state index in [0.717, 1.165) is 12.8 Å². The number of unbranched alkanes of at least 4 members (excludes halogenated alkanes) is 1. The number of nitrogens with zero attached hydrogens (tertiary/aromatic N) is 5. The second-order valence-electron chi connectivity index (χ2n) is 8.53. The molecule has 0 aliphatic heterocycles. The summed E-state index contributed by atoms with van der Waals surface area (Å²) in [6, 6.07) is -0.0123. The monoisotopic (exact) mass is 485 g/mol. The van der Waals surface area contributed by atoms with Crippen LogP contribution < -0.4 is 9.64 Å². The molecule has 166 valence electrons. The fourth-order valence-corrected chi connectivity index (χ4v) is 2.55. The number of amides is 2. The van der Waals surface area contributed by atoms with Gasteiger partial charge in [-0.05, 0) is 63.9 Å². The number of carbonyl (C=O) groups excluding carboxylic acids is 2. The van der Waals surface area contributed by atoms with E-state index in [9.17, 15) is 9.59 Å². The highest BCUT2D eigenvalue weighted by atomic mass is 79.9. The lowest BCUT2D eigenvalue weighted by atomic mass is 10.2. The number of imidazole rings is 1. The largest absolute Gasteiger partial charge is 0.462 e. The van der Waals surface area contributed by atoms with Gasteiger partial charge in [0.15, 0.2) is 11.5 Å².